The number of aromatic nitrogens is 3. The first-order valence-corrected chi connectivity index (χ1v) is 8.42. The van der Waals surface area contributed by atoms with Gasteiger partial charge < -0.3 is 5.32 Å². The van der Waals surface area contributed by atoms with Gasteiger partial charge in [0.2, 0.25) is 5.91 Å². The van der Waals surface area contributed by atoms with E-state index in [1.54, 1.807) is 12.4 Å². The molecule has 0 aromatic carbocycles. The molecular formula is C19H24N4O. The zero-order valence-corrected chi connectivity index (χ0v) is 14.7. The Labute approximate surface area is 143 Å². The fraction of sp³-hybridized carbons (Fsp3) is 0.474. The molecule has 2 aromatic rings. The van der Waals surface area contributed by atoms with Crippen molar-refractivity contribution in [2.24, 2.45) is 11.3 Å². The van der Waals surface area contributed by atoms with Crippen molar-refractivity contribution < 1.29 is 4.79 Å². The predicted octanol–water partition coefficient (Wildman–Crippen LogP) is 3.32. The Morgan fingerprint density at radius 1 is 1.29 bits per heavy atom. The topological polar surface area (TPSA) is 67.8 Å². The summed E-state index contributed by atoms with van der Waals surface area (Å²) in [6.07, 6.45) is 7.15. The molecule has 0 spiro atoms. The van der Waals surface area contributed by atoms with E-state index in [0.717, 1.165) is 29.7 Å². The van der Waals surface area contributed by atoms with E-state index in [2.05, 4.69) is 29.1 Å². The van der Waals surface area contributed by atoms with Gasteiger partial charge in [0.25, 0.3) is 0 Å². The molecule has 0 unspecified atom stereocenters. The molecule has 0 bridgehead atoms. The molecule has 1 atom stereocenters. The van der Waals surface area contributed by atoms with Crippen molar-refractivity contribution in [2.45, 2.75) is 46.6 Å². The number of nitrogens with zero attached hydrogens (tertiary/aromatic N) is 3. The minimum absolute atomic E-state index is 0.0230. The maximum absolute atomic E-state index is 12.2. The average Bonchev–Trinajstić information content (AvgIpc) is 2.54. The highest BCUT2D eigenvalue weighted by molar-refractivity contribution is 5.78. The highest BCUT2D eigenvalue weighted by atomic mass is 16.1. The summed E-state index contributed by atoms with van der Waals surface area (Å²) < 4.78 is 0. The van der Waals surface area contributed by atoms with Crippen molar-refractivity contribution in [3.05, 3.63) is 42.0 Å². The van der Waals surface area contributed by atoms with E-state index in [1.165, 1.54) is 0 Å². The molecule has 2 heterocycles. The van der Waals surface area contributed by atoms with Crippen molar-refractivity contribution in [1.29, 1.82) is 0 Å². The molecule has 0 fully saturated rings. The Bertz CT molecular complexity index is 740. The number of hydrogen-bond donors (Lipinski definition) is 1. The third-order valence-electron chi connectivity index (χ3n) is 4.46. The highest BCUT2D eigenvalue weighted by Crippen LogP contribution is 2.40. The van der Waals surface area contributed by atoms with Gasteiger partial charge in [0.1, 0.15) is 0 Å². The first-order chi connectivity index (χ1) is 11.4. The second-order valence-corrected chi connectivity index (χ2v) is 7.59. The second kappa shape index (κ2) is 6.30. The summed E-state index contributed by atoms with van der Waals surface area (Å²) in [5.41, 5.74) is 3.12. The Morgan fingerprint density at radius 2 is 2.00 bits per heavy atom. The van der Waals surface area contributed by atoms with Gasteiger partial charge in [0.15, 0.2) is 5.82 Å². The number of pyridine rings is 1. The lowest BCUT2D eigenvalue weighted by Gasteiger charge is -2.36. The summed E-state index contributed by atoms with van der Waals surface area (Å²) >= 11 is 0. The lowest BCUT2D eigenvalue weighted by Crippen LogP contribution is -2.38. The Balaban J connectivity index is 1.97. The van der Waals surface area contributed by atoms with Crippen LogP contribution < -0.4 is 5.32 Å². The summed E-state index contributed by atoms with van der Waals surface area (Å²) in [6.45, 7) is 8.26. The van der Waals surface area contributed by atoms with E-state index in [1.807, 2.05) is 32.2 Å². The smallest absolute Gasteiger partial charge is 0.223 e. The van der Waals surface area contributed by atoms with Gasteiger partial charge in [-0.15, -0.1) is 0 Å². The maximum atomic E-state index is 12.2. The molecule has 5 nitrogen and oxygen atoms in total. The largest absolute Gasteiger partial charge is 0.349 e. The number of carbonyl (C=O) groups is 1. The molecule has 0 radical (unpaired) electrons. The van der Waals surface area contributed by atoms with E-state index in [9.17, 15) is 4.79 Å². The Hall–Kier alpha value is -2.30. The SMILES string of the molecule is CC(C)C(=O)N[C@H]1CC(C)(C)Cc2nc(-c3ccncc3)ncc21. The minimum atomic E-state index is -0.0319. The van der Waals surface area contributed by atoms with Crippen molar-refractivity contribution >= 4 is 5.91 Å². The number of hydrogen-bond acceptors (Lipinski definition) is 4. The number of rotatable bonds is 3. The van der Waals surface area contributed by atoms with Crippen LogP contribution in [-0.2, 0) is 11.2 Å². The number of fused-ring (bicyclic) bond motifs is 1. The van der Waals surface area contributed by atoms with Gasteiger partial charge in [-0.1, -0.05) is 27.7 Å². The fourth-order valence-electron chi connectivity index (χ4n) is 3.15. The van der Waals surface area contributed by atoms with Gasteiger partial charge in [-0.3, -0.25) is 9.78 Å². The van der Waals surface area contributed by atoms with Crippen LogP contribution in [0, 0.1) is 11.3 Å². The van der Waals surface area contributed by atoms with Crippen LogP contribution >= 0.6 is 0 Å². The second-order valence-electron chi connectivity index (χ2n) is 7.59. The predicted molar refractivity (Wildman–Crippen MR) is 93.1 cm³/mol. The van der Waals surface area contributed by atoms with Gasteiger partial charge in [0.05, 0.1) is 11.7 Å². The van der Waals surface area contributed by atoms with E-state index in [0.29, 0.717) is 5.82 Å². The standard InChI is InChI=1S/C19H24N4O/c1-12(2)18(24)23-16-10-19(3,4)9-15-14(16)11-21-17(22-15)13-5-7-20-8-6-13/h5-8,11-12,16H,9-10H2,1-4H3,(H,23,24)/t16-/m0/s1. The van der Waals surface area contributed by atoms with Crippen molar-refractivity contribution in [3.8, 4) is 11.4 Å². The van der Waals surface area contributed by atoms with Crippen LogP contribution in [0.3, 0.4) is 0 Å². The quantitative estimate of drug-likeness (QED) is 0.940. The minimum Gasteiger partial charge on any atom is -0.349 e. The Kier molecular flexibility index (Phi) is 4.35. The fourth-order valence-corrected chi connectivity index (χ4v) is 3.15. The van der Waals surface area contributed by atoms with Crippen LogP contribution in [0.1, 0.15) is 51.4 Å². The summed E-state index contributed by atoms with van der Waals surface area (Å²) in [6, 6.07) is 3.80. The molecule has 1 aliphatic rings. The van der Waals surface area contributed by atoms with Crippen molar-refractivity contribution in [3.63, 3.8) is 0 Å². The first-order valence-electron chi connectivity index (χ1n) is 8.42. The van der Waals surface area contributed by atoms with Crippen LogP contribution in [0.2, 0.25) is 0 Å². The van der Waals surface area contributed by atoms with Crippen LogP contribution in [0.15, 0.2) is 30.7 Å². The third kappa shape index (κ3) is 3.45. The number of nitrogens with one attached hydrogen (secondary N) is 1. The first kappa shape index (κ1) is 16.6. The third-order valence-corrected chi connectivity index (χ3v) is 4.46. The van der Waals surface area contributed by atoms with Crippen LogP contribution in [-0.4, -0.2) is 20.9 Å². The van der Waals surface area contributed by atoms with Gasteiger partial charge in [0, 0.05) is 35.6 Å². The van der Waals surface area contributed by atoms with E-state index >= 15 is 0 Å². The zero-order valence-electron chi connectivity index (χ0n) is 14.7. The maximum Gasteiger partial charge on any atom is 0.223 e. The molecule has 0 saturated carbocycles. The molecule has 1 aliphatic carbocycles. The monoisotopic (exact) mass is 324 g/mol. The van der Waals surface area contributed by atoms with E-state index in [-0.39, 0.29) is 23.3 Å². The summed E-state index contributed by atoms with van der Waals surface area (Å²) in [4.78, 5) is 25.5. The molecule has 126 valence electrons. The Morgan fingerprint density at radius 3 is 2.67 bits per heavy atom. The summed E-state index contributed by atoms with van der Waals surface area (Å²) in [7, 11) is 0. The molecule has 0 aliphatic heterocycles. The van der Waals surface area contributed by atoms with Crippen LogP contribution in [0.25, 0.3) is 11.4 Å². The summed E-state index contributed by atoms with van der Waals surface area (Å²) in [5, 5.41) is 3.16. The molecule has 0 saturated heterocycles. The summed E-state index contributed by atoms with van der Waals surface area (Å²) in [5.74, 6) is 0.750. The molecular weight excluding hydrogens is 300 g/mol. The molecule has 5 heteroatoms. The van der Waals surface area contributed by atoms with Gasteiger partial charge in [-0.2, -0.15) is 0 Å². The van der Waals surface area contributed by atoms with Crippen molar-refractivity contribution in [2.75, 3.05) is 0 Å². The zero-order chi connectivity index (χ0) is 17.3. The average molecular weight is 324 g/mol. The molecule has 1 N–H and O–H groups in total. The highest BCUT2D eigenvalue weighted by Gasteiger charge is 2.34. The van der Waals surface area contributed by atoms with E-state index < -0.39 is 0 Å². The van der Waals surface area contributed by atoms with Gasteiger partial charge in [-0.25, -0.2) is 9.97 Å². The lowest BCUT2D eigenvalue weighted by atomic mass is 9.74. The van der Waals surface area contributed by atoms with Crippen molar-refractivity contribution in [1.82, 2.24) is 20.3 Å². The normalized spacial score (nSPS) is 19.0. The number of amides is 1. The molecule has 2 aromatic heterocycles. The molecule has 3 rings (SSSR count). The van der Waals surface area contributed by atoms with E-state index in [4.69, 9.17) is 4.98 Å². The van der Waals surface area contributed by atoms with Crippen LogP contribution in [0.5, 0.6) is 0 Å². The van der Waals surface area contributed by atoms with Gasteiger partial charge in [-0.05, 0) is 30.4 Å². The number of carbonyl (C=O) groups excluding carboxylic acids is 1. The lowest BCUT2D eigenvalue weighted by molar-refractivity contribution is -0.125. The molecule has 24 heavy (non-hydrogen) atoms. The van der Waals surface area contributed by atoms with Crippen LogP contribution in [0.4, 0.5) is 0 Å². The molecule has 1 amide bonds. The van der Waals surface area contributed by atoms with Gasteiger partial charge >= 0.3 is 0 Å².